The summed E-state index contributed by atoms with van der Waals surface area (Å²) < 4.78 is 0. The van der Waals surface area contributed by atoms with Crippen LogP contribution < -0.4 is 9.80 Å². The summed E-state index contributed by atoms with van der Waals surface area (Å²) in [5.74, 6) is 0. The first-order valence-electron chi connectivity index (χ1n) is 36.7. The molecular weight excluding hydrogens is 1230 g/mol. The molecule has 16 aromatic carbocycles. The molecule has 2 heteroatoms. The van der Waals surface area contributed by atoms with Gasteiger partial charge in [-0.3, -0.25) is 0 Å². The minimum atomic E-state index is -0.840. The van der Waals surface area contributed by atoms with Gasteiger partial charge < -0.3 is 9.80 Å². The maximum Gasteiger partial charge on any atom is 0.0543 e. The van der Waals surface area contributed by atoms with Crippen LogP contribution in [0.25, 0.3) is 109 Å². The number of fused-ring (bicyclic) bond motifs is 22. The van der Waals surface area contributed by atoms with Crippen LogP contribution in [0.3, 0.4) is 0 Å². The van der Waals surface area contributed by atoms with E-state index in [2.05, 4.69) is 382 Å². The number of benzene rings is 16. The number of hydrogen-bond donors (Lipinski definition) is 0. The van der Waals surface area contributed by atoms with Gasteiger partial charge in [0.15, 0.2) is 0 Å². The van der Waals surface area contributed by atoms with E-state index in [1.165, 1.54) is 154 Å². The van der Waals surface area contributed by atoms with Crippen molar-refractivity contribution < 1.29 is 0 Å². The van der Waals surface area contributed by atoms with E-state index < -0.39 is 21.7 Å². The maximum atomic E-state index is 2.74. The standard InChI is InChI=1S/C100H80N2/c1-95(2,3)99(81-55-49-63-31-13-17-37-69(63)91(81)93-77-43-21-19-41-75(77)89(59-85(93)99)101(87-47-27-33-61-29-11-15-35-67(61)87)65-51-53-73-71-39-23-25-45-79(71)97(7,8)83(73)57-65)100(96(4,5)6)82-56-50-64-32-14-18-38-70(64)92(82)94-78-44-22-20-42-76(78)90(60-86(94)100)102(88-48-28-34-62-30-12-16-36-68(62)88)66-52-54-74-72-40-24-26-46-80(72)98(9,10)84(74)58-66/h11-60H,1-10H3. The van der Waals surface area contributed by atoms with E-state index in [-0.39, 0.29) is 10.8 Å². The fraction of sp³-hybridized carbons (Fsp3) is 0.160. The zero-order valence-corrected chi connectivity index (χ0v) is 59.8. The molecule has 2 nitrogen and oxygen atoms in total. The number of anilines is 6. The van der Waals surface area contributed by atoms with Crippen molar-refractivity contribution in [2.45, 2.75) is 90.9 Å². The second-order valence-electron chi connectivity index (χ2n) is 32.6. The Balaban J connectivity index is 0.970. The molecule has 0 aromatic heterocycles. The molecule has 0 saturated heterocycles. The highest BCUT2D eigenvalue weighted by Gasteiger charge is 2.71. The van der Waals surface area contributed by atoms with E-state index in [0.29, 0.717) is 0 Å². The van der Waals surface area contributed by atoms with Gasteiger partial charge in [-0.25, -0.2) is 0 Å². The largest absolute Gasteiger partial charge is 0.309 e. The maximum absolute atomic E-state index is 2.74. The first-order chi connectivity index (χ1) is 49.4. The lowest BCUT2D eigenvalue weighted by molar-refractivity contribution is 0.0596. The predicted molar refractivity (Wildman–Crippen MR) is 434 cm³/mol. The third-order valence-electron chi connectivity index (χ3n) is 25.0. The van der Waals surface area contributed by atoms with Crippen LogP contribution >= 0.6 is 0 Å². The van der Waals surface area contributed by atoms with Gasteiger partial charge in [0.2, 0.25) is 0 Å². The molecular formula is C100H80N2. The smallest absolute Gasteiger partial charge is 0.0543 e. The molecule has 102 heavy (non-hydrogen) atoms. The van der Waals surface area contributed by atoms with Crippen molar-refractivity contribution in [3.05, 3.63) is 348 Å². The third kappa shape index (κ3) is 7.80. The van der Waals surface area contributed by atoms with Gasteiger partial charge in [-0.1, -0.05) is 324 Å². The summed E-state index contributed by atoms with van der Waals surface area (Å²) in [5, 5.41) is 14.7. The van der Waals surface area contributed by atoms with Crippen LogP contribution in [0.5, 0.6) is 0 Å². The van der Waals surface area contributed by atoms with Gasteiger partial charge in [-0.05, 0) is 191 Å². The van der Waals surface area contributed by atoms with E-state index in [0.717, 1.165) is 34.1 Å². The topological polar surface area (TPSA) is 6.48 Å². The molecule has 490 valence electrons. The number of rotatable bonds is 7. The van der Waals surface area contributed by atoms with Crippen molar-refractivity contribution >= 4 is 98.8 Å². The zero-order chi connectivity index (χ0) is 69.1. The Hall–Kier alpha value is -11.3. The molecule has 0 N–H and O–H groups in total. The van der Waals surface area contributed by atoms with E-state index in [9.17, 15) is 0 Å². The molecule has 0 spiro atoms. The van der Waals surface area contributed by atoms with Crippen LogP contribution in [-0.4, -0.2) is 0 Å². The second-order valence-corrected chi connectivity index (χ2v) is 32.6. The molecule has 0 radical (unpaired) electrons. The Morgan fingerprint density at radius 2 is 0.520 bits per heavy atom. The predicted octanol–water partition coefficient (Wildman–Crippen LogP) is 27.5. The molecule has 0 fully saturated rings. The van der Waals surface area contributed by atoms with Crippen LogP contribution in [-0.2, 0) is 21.7 Å². The molecule has 2 atom stereocenters. The highest BCUT2D eigenvalue weighted by molar-refractivity contribution is 6.20. The molecule has 4 aliphatic carbocycles. The molecule has 0 aliphatic heterocycles. The van der Waals surface area contributed by atoms with Crippen molar-refractivity contribution in [2.24, 2.45) is 10.8 Å². The van der Waals surface area contributed by atoms with E-state index in [1.54, 1.807) is 0 Å². The minimum Gasteiger partial charge on any atom is -0.309 e. The molecule has 20 rings (SSSR count). The minimum absolute atomic E-state index is 0.238. The van der Waals surface area contributed by atoms with Crippen LogP contribution in [0, 0.1) is 10.8 Å². The average molecular weight is 1310 g/mol. The van der Waals surface area contributed by atoms with Crippen molar-refractivity contribution in [3.63, 3.8) is 0 Å². The van der Waals surface area contributed by atoms with E-state index in [4.69, 9.17) is 0 Å². The molecule has 0 saturated carbocycles. The fourth-order valence-corrected chi connectivity index (χ4v) is 21.0. The highest BCUT2D eigenvalue weighted by Crippen LogP contribution is 2.77. The molecule has 16 aromatic rings. The van der Waals surface area contributed by atoms with E-state index in [1.807, 2.05) is 0 Å². The summed E-state index contributed by atoms with van der Waals surface area (Å²) in [6.45, 7) is 25.3. The monoisotopic (exact) mass is 1310 g/mol. The summed E-state index contributed by atoms with van der Waals surface area (Å²) in [7, 11) is 0. The molecule has 0 amide bonds. The van der Waals surface area contributed by atoms with Crippen molar-refractivity contribution in [1.82, 2.24) is 0 Å². The normalized spacial score (nSPS) is 17.2. The molecule has 4 aliphatic rings. The van der Waals surface area contributed by atoms with Crippen molar-refractivity contribution in [1.29, 1.82) is 0 Å². The van der Waals surface area contributed by atoms with Crippen LogP contribution in [0.2, 0.25) is 0 Å². The van der Waals surface area contributed by atoms with Gasteiger partial charge in [-0.15, -0.1) is 0 Å². The summed E-state index contributed by atoms with van der Waals surface area (Å²) in [6.07, 6.45) is 0. The van der Waals surface area contributed by atoms with Crippen LogP contribution in [0.15, 0.2) is 303 Å². The zero-order valence-electron chi connectivity index (χ0n) is 59.8. The Morgan fingerprint density at radius 3 is 0.912 bits per heavy atom. The molecule has 0 bridgehead atoms. The van der Waals surface area contributed by atoms with Gasteiger partial charge in [0, 0.05) is 54.6 Å². The number of hydrogen-bond acceptors (Lipinski definition) is 2. The lowest BCUT2D eigenvalue weighted by Gasteiger charge is -2.62. The Kier molecular flexibility index (Phi) is 12.6. The van der Waals surface area contributed by atoms with Crippen LogP contribution in [0.4, 0.5) is 34.1 Å². The second kappa shape index (κ2) is 21.1. The molecule has 2 unspecified atom stereocenters. The van der Waals surface area contributed by atoms with Gasteiger partial charge in [-0.2, -0.15) is 0 Å². The summed E-state index contributed by atoms with van der Waals surface area (Å²) in [6, 6.07) is 118. The van der Waals surface area contributed by atoms with Crippen LogP contribution in [0.1, 0.15) is 114 Å². The van der Waals surface area contributed by atoms with Crippen molar-refractivity contribution in [2.75, 3.05) is 9.80 Å². The Morgan fingerprint density at radius 1 is 0.216 bits per heavy atom. The van der Waals surface area contributed by atoms with Gasteiger partial charge in [0.05, 0.1) is 22.7 Å². The van der Waals surface area contributed by atoms with Gasteiger partial charge in [0.25, 0.3) is 0 Å². The lowest BCUT2D eigenvalue weighted by Crippen LogP contribution is -2.62. The first-order valence-corrected chi connectivity index (χ1v) is 36.7. The Labute approximate surface area is 598 Å². The third-order valence-corrected chi connectivity index (χ3v) is 25.0. The average Bonchev–Trinajstić information content (AvgIpc) is 1.45. The lowest BCUT2D eigenvalue weighted by atomic mass is 9.39. The summed E-state index contributed by atoms with van der Waals surface area (Å²) in [4.78, 5) is 5.33. The quantitative estimate of drug-likeness (QED) is 0.157. The Bertz CT molecular complexity index is 5930. The number of nitrogens with zero attached hydrogens (tertiary/aromatic N) is 2. The first kappa shape index (κ1) is 60.6. The highest BCUT2D eigenvalue weighted by atomic mass is 15.2. The summed E-state index contributed by atoms with van der Waals surface area (Å²) in [5.41, 5.74) is 25.0. The van der Waals surface area contributed by atoms with Crippen molar-refractivity contribution in [3.8, 4) is 44.5 Å². The van der Waals surface area contributed by atoms with Gasteiger partial charge >= 0.3 is 0 Å². The van der Waals surface area contributed by atoms with E-state index >= 15 is 0 Å². The fourth-order valence-electron chi connectivity index (χ4n) is 21.0. The van der Waals surface area contributed by atoms with Gasteiger partial charge in [0.1, 0.15) is 0 Å². The SMILES string of the molecule is CC1(C)c2ccccc2-c2ccc(N(c3cccc4ccccc34)c3cc4c(c5ccccc35)-c3c(ccc5ccccc35)C4(C(C)(C)C)C3(C(C)(C)C)c4ccc5ccccc5c4-c4c3cc(N(c3ccc5c(c3)C(C)(C)c3ccccc3-5)c3cccc5ccccc35)c3ccccc43)cc21. The summed E-state index contributed by atoms with van der Waals surface area (Å²) >= 11 is 0. The molecule has 0 heterocycles.